The van der Waals surface area contributed by atoms with Crippen LogP contribution in [-0.4, -0.2) is 11.2 Å². The summed E-state index contributed by atoms with van der Waals surface area (Å²) in [4.78, 5) is 0. The Labute approximate surface area is 138 Å². The average molecular weight is 311 g/mol. The maximum atomic E-state index is 10.6. The Morgan fingerprint density at radius 3 is 2.39 bits per heavy atom. The zero-order chi connectivity index (χ0) is 16.1. The Kier molecular flexibility index (Phi) is 5.31. The van der Waals surface area contributed by atoms with Crippen LogP contribution in [0.4, 0.5) is 0 Å². The molecule has 3 heteroatoms. The molecule has 2 aromatic rings. The van der Waals surface area contributed by atoms with Crippen molar-refractivity contribution in [2.24, 2.45) is 11.7 Å². The third kappa shape index (κ3) is 3.92. The highest BCUT2D eigenvalue weighted by molar-refractivity contribution is 5.36. The van der Waals surface area contributed by atoms with Crippen molar-refractivity contribution in [2.75, 3.05) is 0 Å². The first kappa shape index (κ1) is 16.0. The van der Waals surface area contributed by atoms with Crippen molar-refractivity contribution in [1.29, 1.82) is 0 Å². The minimum atomic E-state index is -0.501. The molecule has 1 aliphatic rings. The highest BCUT2D eigenvalue weighted by atomic mass is 16.5. The van der Waals surface area contributed by atoms with Crippen molar-refractivity contribution < 1.29 is 9.84 Å². The number of hydrogen-bond acceptors (Lipinski definition) is 3. The summed E-state index contributed by atoms with van der Waals surface area (Å²) in [5.74, 6) is 1.08. The summed E-state index contributed by atoms with van der Waals surface area (Å²) in [5, 5.41) is 10.6. The predicted molar refractivity (Wildman–Crippen MR) is 92.1 cm³/mol. The lowest BCUT2D eigenvalue weighted by Crippen LogP contribution is -2.32. The van der Waals surface area contributed by atoms with Gasteiger partial charge >= 0.3 is 0 Å². The Hall–Kier alpha value is -1.84. The van der Waals surface area contributed by atoms with E-state index in [-0.39, 0.29) is 0 Å². The van der Waals surface area contributed by atoms with Crippen LogP contribution in [0, 0.1) is 5.92 Å². The molecule has 0 amide bonds. The second kappa shape index (κ2) is 7.62. The van der Waals surface area contributed by atoms with Crippen molar-refractivity contribution in [3.05, 3.63) is 65.7 Å². The molecular formula is C20H25NO2. The molecule has 2 aromatic carbocycles. The van der Waals surface area contributed by atoms with E-state index in [9.17, 15) is 5.11 Å². The van der Waals surface area contributed by atoms with E-state index < -0.39 is 12.1 Å². The number of hydrogen-bond donors (Lipinski definition) is 2. The van der Waals surface area contributed by atoms with Crippen LogP contribution in [0.25, 0.3) is 0 Å². The van der Waals surface area contributed by atoms with E-state index in [0.29, 0.717) is 12.5 Å². The second-order valence-electron chi connectivity index (χ2n) is 6.37. The number of rotatable bonds is 6. The van der Waals surface area contributed by atoms with Gasteiger partial charge in [0.25, 0.3) is 0 Å². The summed E-state index contributed by atoms with van der Waals surface area (Å²) >= 11 is 0. The first-order valence-electron chi connectivity index (χ1n) is 8.45. The van der Waals surface area contributed by atoms with Crippen molar-refractivity contribution in [3.8, 4) is 5.75 Å². The maximum Gasteiger partial charge on any atom is 0.124 e. The number of aliphatic hydroxyl groups is 1. The van der Waals surface area contributed by atoms with Gasteiger partial charge in [0.2, 0.25) is 0 Å². The maximum absolute atomic E-state index is 10.6. The van der Waals surface area contributed by atoms with Crippen LogP contribution >= 0.6 is 0 Å². The summed E-state index contributed by atoms with van der Waals surface area (Å²) in [5.41, 5.74) is 8.37. The van der Waals surface area contributed by atoms with Gasteiger partial charge in [-0.1, -0.05) is 61.4 Å². The van der Waals surface area contributed by atoms with E-state index in [2.05, 4.69) is 0 Å². The van der Waals surface area contributed by atoms with Gasteiger partial charge in [-0.25, -0.2) is 0 Å². The fraction of sp³-hybridized carbons (Fsp3) is 0.400. The van der Waals surface area contributed by atoms with Crippen LogP contribution < -0.4 is 10.5 Å². The topological polar surface area (TPSA) is 55.5 Å². The zero-order valence-electron chi connectivity index (χ0n) is 13.4. The molecule has 2 atom stereocenters. The van der Waals surface area contributed by atoms with Gasteiger partial charge in [0.15, 0.2) is 0 Å². The lowest BCUT2D eigenvalue weighted by atomic mass is 9.90. The SMILES string of the molecule is N[C@H](c1ccccc1OCc1ccccc1)[C@@H](O)C1CCCC1. The summed E-state index contributed by atoms with van der Waals surface area (Å²) in [6.45, 7) is 0.504. The third-order valence-electron chi connectivity index (χ3n) is 4.77. The van der Waals surface area contributed by atoms with Crippen LogP contribution in [0.15, 0.2) is 54.6 Å². The van der Waals surface area contributed by atoms with Crippen LogP contribution in [0.1, 0.15) is 42.9 Å². The fourth-order valence-corrected chi connectivity index (χ4v) is 3.40. The quantitative estimate of drug-likeness (QED) is 0.853. The summed E-state index contributed by atoms with van der Waals surface area (Å²) in [7, 11) is 0. The molecule has 1 saturated carbocycles. The fourth-order valence-electron chi connectivity index (χ4n) is 3.40. The van der Waals surface area contributed by atoms with Crippen LogP contribution in [0.5, 0.6) is 5.75 Å². The van der Waals surface area contributed by atoms with Gasteiger partial charge in [0.1, 0.15) is 12.4 Å². The molecule has 0 unspecified atom stereocenters. The molecule has 122 valence electrons. The normalized spacial score (nSPS) is 17.8. The summed E-state index contributed by atoms with van der Waals surface area (Å²) in [6.07, 6.45) is 4.03. The van der Waals surface area contributed by atoms with E-state index in [1.54, 1.807) is 0 Å². The molecule has 0 spiro atoms. The summed E-state index contributed by atoms with van der Waals surface area (Å²) < 4.78 is 5.97. The van der Waals surface area contributed by atoms with Crippen LogP contribution in [0.2, 0.25) is 0 Å². The van der Waals surface area contributed by atoms with Gasteiger partial charge in [0.05, 0.1) is 12.1 Å². The molecule has 0 radical (unpaired) electrons. The smallest absolute Gasteiger partial charge is 0.124 e. The highest BCUT2D eigenvalue weighted by Crippen LogP contribution is 2.35. The van der Waals surface area contributed by atoms with Gasteiger partial charge in [-0.3, -0.25) is 0 Å². The molecular weight excluding hydrogens is 286 g/mol. The van der Waals surface area contributed by atoms with Gasteiger partial charge in [-0.15, -0.1) is 0 Å². The van der Waals surface area contributed by atoms with Gasteiger partial charge in [0, 0.05) is 5.56 Å². The van der Waals surface area contributed by atoms with Crippen molar-refractivity contribution in [3.63, 3.8) is 0 Å². The lowest BCUT2D eigenvalue weighted by Gasteiger charge is -2.26. The second-order valence-corrected chi connectivity index (χ2v) is 6.37. The Morgan fingerprint density at radius 1 is 1.00 bits per heavy atom. The Morgan fingerprint density at radius 2 is 1.65 bits per heavy atom. The molecule has 0 aliphatic heterocycles. The largest absolute Gasteiger partial charge is 0.489 e. The van der Waals surface area contributed by atoms with Gasteiger partial charge < -0.3 is 15.6 Å². The van der Waals surface area contributed by atoms with Crippen molar-refractivity contribution in [1.82, 2.24) is 0 Å². The van der Waals surface area contributed by atoms with Crippen molar-refractivity contribution >= 4 is 0 Å². The number of nitrogens with two attached hydrogens (primary N) is 1. The van der Waals surface area contributed by atoms with Crippen LogP contribution in [0.3, 0.4) is 0 Å². The minimum absolute atomic E-state index is 0.312. The Balaban J connectivity index is 1.71. The van der Waals surface area contributed by atoms with Gasteiger partial charge in [-0.2, -0.15) is 0 Å². The van der Waals surface area contributed by atoms with E-state index in [1.807, 2.05) is 54.6 Å². The monoisotopic (exact) mass is 311 g/mol. The predicted octanol–water partition coefficient (Wildman–Crippen LogP) is 3.82. The highest BCUT2D eigenvalue weighted by Gasteiger charge is 2.30. The number of ether oxygens (including phenoxy) is 1. The van der Waals surface area contributed by atoms with E-state index >= 15 is 0 Å². The molecule has 3 N–H and O–H groups in total. The molecule has 1 aliphatic carbocycles. The molecule has 0 aromatic heterocycles. The first-order chi connectivity index (χ1) is 11.3. The average Bonchev–Trinajstić information content (AvgIpc) is 3.14. The van der Waals surface area contributed by atoms with Gasteiger partial charge in [-0.05, 0) is 30.4 Å². The molecule has 1 fully saturated rings. The van der Waals surface area contributed by atoms with E-state index in [0.717, 1.165) is 29.7 Å². The van der Waals surface area contributed by atoms with E-state index in [1.165, 1.54) is 12.8 Å². The zero-order valence-corrected chi connectivity index (χ0v) is 13.4. The number of aliphatic hydroxyl groups excluding tert-OH is 1. The Bertz CT molecular complexity index is 608. The minimum Gasteiger partial charge on any atom is -0.489 e. The molecule has 0 saturated heterocycles. The molecule has 23 heavy (non-hydrogen) atoms. The molecule has 0 heterocycles. The number of para-hydroxylation sites is 1. The summed E-state index contributed by atoms with van der Waals surface area (Å²) in [6, 6.07) is 17.5. The molecule has 3 nitrogen and oxygen atoms in total. The van der Waals surface area contributed by atoms with Crippen molar-refractivity contribution in [2.45, 2.75) is 44.4 Å². The number of benzene rings is 2. The molecule has 3 rings (SSSR count). The first-order valence-corrected chi connectivity index (χ1v) is 8.45. The third-order valence-corrected chi connectivity index (χ3v) is 4.77. The van der Waals surface area contributed by atoms with Crippen LogP contribution in [-0.2, 0) is 6.61 Å². The molecule has 0 bridgehead atoms. The van der Waals surface area contributed by atoms with E-state index in [4.69, 9.17) is 10.5 Å². The lowest BCUT2D eigenvalue weighted by molar-refractivity contribution is 0.0832. The standard InChI is InChI=1S/C20H25NO2/c21-19(20(22)16-10-4-5-11-16)17-12-6-7-13-18(17)23-14-15-8-2-1-3-9-15/h1-3,6-9,12-13,16,19-20,22H,4-5,10-11,14,21H2/t19-,20+/m1/s1.